The van der Waals surface area contributed by atoms with Gasteiger partial charge in [0.25, 0.3) is 17.6 Å². The van der Waals surface area contributed by atoms with Crippen molar-refractivity contribution in [1.82, 2.24) is 15.5 Å². The van der Waals surface area contributed by atoms with Crippen LogP contribution < -0.4 is 11.1 Å². The van der Waals surface area contributed by atoms with Gasteiger partial charge in [0, 0.05) is 11.9 Å². The Kier molecular flexibility index (Phi) is 3.10. The highest BCUT2D eigenvalue weighted by atomic mass is 32.1. The maximum atomic E-state index is 11.3. The molecule has 0 fully saturated rings. The first-order chi connectivity index (χ1) is 8.15. The first-order valence-electron chi connectivity index (χ1n) is 5.10. The molecule has 6 nitrogen and oxygen atoms in total. The maximum absolute atomic E-state index is 11.3. The van der Waals surface area contributed by atoms with E-state index in [9.17, 15) is 4.79 Å². The van der Waals surface area contributed by atoms with Crippen LogP contribution in [0.25, 0.3) is 11.5 Å². The summed E-state index contributed by atoms with van der Waals surface area (Å²) in [5.41, 5.74) is 6.55. The van der Waals surface area contributed by atoms with Gasteiger partial charge in [-0.15, -0.1) is 11.3 Å². The van der Waals surface area contributed by atoms with E-state index in [0.717, 1.165) is 11.3 Å². The van der Waals surface area contributed by atoms with E-state index in [-0.39, 0.29) is 17.6 Å². The molecule has 0 saturated carbocycles. The maximum Gasteiger partial charge on any atom is 0.292 e. The van der Waals surface area contributed by atoms with E-state index >= 15 is 0 Å². The molecule has 0 unspecified atom stereocenters. The number of nitrogens with zero attached hydrogens (tertiary/aromatic N) is 2. The fraction of sp³-hybridized carbons (Fsp3) is 0.300. The van der Waals surface area contributed by atoms with Gasteiger partial charge in [0.05, 0.1) is 10.6 Å². The van der Waals surface area contributed by atoms with Gasteiger partial charge in [-0.2, -0.15) is 4.98 Å². The zero-order valence-corrected chi connectivity index (χ0v) is 10.3. The van der Waals surface area contributed by atoms with Gasteiger partial charge in [0.15, 0.2) is 0 Å². The number of nitrogens with two attached hydrogens (primary N) is 1. The molecule has 0 aliphatic rings. The lowest BCUT2D eigenvalue weighted by Gasteiger charge is -1.89. The highest BCUT2D eigenvalue weighted by Crippen LogP contribution is 2.33. The van der Waals surface area contributed by atoms with E-state index in [1.165, 1.54) is 18.4 Å². The average molecular weight is 252 g/mol. The third kappa shape index (κ3) is 2.14. The molecule has 7 heteroatoms. The van der Waals surface area contributed by atoms with Crippen LogP contribution in [0.15, 0.2) is 10.6 Å². The molecule has 17 heavy (non-hydrogen) atoms. The van der Waals surface area contributed by atoms with Gasteiger partial charge in [-0.1, -0.05) is 12.1 Å². The van der Waals surface area contributed by atoms with Crippen LogP contribution in [-0.4, -0.2) is 23.1 Å². The van der Waals surface area contributed by atoms with Crippen LogP contribution in [-0.2, 0) is 6.42 Å². The van der Waals surface area contributed by atoms with Crippen molar-refractivity contribution in [3.8, 4) is 11.5 Å². The van der Waals surface area contributed by atoms with Crippen LogP contribution in [0.4, 0.5) is 5.00 Å². The molecule has 90 valence electrons. The molecule has 0 aliphatic heterocycles. The van der Waals surface area contributed by atoms with Crippen molar-refractivity contribution in [2.45, 2.75) is 13.3 Å². The van der Waals surface area contributed by atoms with Gasteiger partial charge in [-0.3, -0.25) is 4.79 Å². The van der Waals surface area contributed by atoms with Crippen molar-refractivity contribution in [2.75, 3.05) is 12.8 Å². The highest BCUT2D eigenvalue weighted by molar-refractivity contribution is 7.16. The van der Waals surface area contributed by atoms with Gasteiger partial charge in [-0.05, 0) is 12.5 Å². The molecular weight excluding hydrogens is 240 g/mol. The Morgan fingerprint density at radius 1 is 1.65 bits per heavy atom. The smallest absolute Gasteiger partial charge is 0.292 e. The van der Waals surface area contributed by atoms with Gasteiger partial charge < -0.3 is 15.6 Å². The Morgan fingerprint density at radius 2 is 2.41 bits per heavy atom. The summed E-state index contributed by atoms with van der Waals surface area (Å²) in [7, 11) is 1.51. The standard InChI is InChI=1S/C10H12N4O2S/c1-3-5-4-6(7(11)17-5)10-13-8(14-16-10)9(15)12-2/h4H,3,11H2,1-2H3,(H,12,15). The third-order valence-corrected chi connectivity index (χ3v) is 3.36. The van der Waals surface area contributed by atoms with Crippen LogP contribution in [0.2, 0.25) is 0 Å². The zero-order chi connectivity index (χ0) is 12.4. The molecule has 3 N–H and O–H groups in total. The summed E-state index contributed by atoms with van der Waals surface area (Å²) in [4.78, 5) is 16.4. The molecule has 0 radical (unpaired) electrons. The molecule has 0 bridgehead atoms. The summed E-state index contributed by atoms with van der Waals surface area (Å²) in [6.07, 6.45) is 0.894. The minimum atomic E-state index is -0.385. The lowest BCUT2D eigenvalue weighted by molar-refractivity contribution is 0.0950. The van der Waals surface area contributed by atoms with Crippen molar-refractivity contribution in [3.63, 3.8) is 0 Å². The Balaban J connectivity index is 2.36. The van der Waals surface area contributed by atoms with Crippen molar-refractivity contribution in [1.29, 1.82) is 0 Å². The van der Waals surface area contributed by atoms with Crippen LogP contribution in [0.3, 0.4) is 0 Å². The summed E-state index contributed by atoms with van der Waals surface area (Å²) in [6.45, 7) is 2.04. The number of hydrogen-bond acceptors (Lipinski definition) is 6. The van der Waals surface area contributed by atoms with Crippen LogP contribution >= 0.6 is 11.3 Å². The predicted octanol–water partition coefficient (Wildman–Crippen LogP) is 1.30. The summed E-state index contributed by atoms with van der Waals surface area (Å²) in [5.74, 6) is -0.104. The van der Waals surface area contributed by atoms with E-state index in [1.54, 1.807) is 0 Å². The largest absolute Gasteiger partial charge is 0.390 e. The molecule has 2 heterocycles. The van der Waals surface area contributed by atoms with Crippen molar-refractivity contribution in [2.24, 2.45) is 0 Å². The number of nitrogens with one attached hydrogen (secondary N) is 1. The van der Waals surface area contributed by atoms with Crippen molar-refractivity contribution in [3.05, 3.63) is 16.8 Å². The lowest BCUT2D eigenvalue weighted by Crippen LogP contribution is -2.19. The number of amides is 1. The summed E-state index contributed by atoms with van der Waals surface area (Å²) < 4.78 is 5.02. The monoisotopic (exact) mass is 252 g/mol. The normalized spacial score (nSPS) is 10.5. The van der Waals surface area contributed by atoms with E-state index < -0.39 is 0 Å². The van der Waals surface area contributed by atoms with Crippen LogP contribution in [0, 0.1) is 0 Å². The highest BCUT2D eigenvalue weighted by Gasteiger charge is 2.17. The first kappa shape index (κ1) is 11.6. The molecule has 0 aromatic carbocycles. The van der Waals surface area contributed by atoms with Gasteiger partial charge in [0.2, 0.25) is 0 Å². The summed E-state index contributed by atoms with van der Waals surface area (Å²) in [6, 6.07) is 1.90. The Labute approximate surface area is 102 Å². The third-order valence-electron chi connectivity index (χ3n) is 2.25. The van der Waals surface area contributed by atoms with Gasteiger partial charge in [-0.25, -0.2) is 0 Å². The van der Waals surface area contributed by atoms with Crippen molar-refractivity contribution < 1.29 is 9.32 Å². The number of carbonyl (C=O) groups excluding carboxylic acids is 1. The second kappa shape index (κ2) is 4.54. The van der Waals surface area contributed by atoms with E-state index in [1.807, 2.05) is 13.0 Å². The number of hydrogen-bond donors (Lipinski definition) is 2. The Hall–Kier alpha value is -1.89. The first-order valence-corrected chi connectivity index (χ1v) is 5.91. The molecular formula is C10H12N4O2S. The molecule has 2 rings (SSSR count). The van der Waals surface area contributed by atoms with Crippen LogP contribution in [0.5, 0.6) is 0 Å². The minimum absolute atomic E-state index is 0.00569. The molecule has 0 saturated heterocycles. The predicted molar refractivity (Wildman–Crippen MR) is 64.8 cm³/mol. The molecule has 0 aliphatic carbocycles. The van der Waals surface area contributed by atoms with Gasteiger partial charge in [0.1, 0.15) is 0 Å². The van der Waals surface area contributed by atoms with E-state index in [0.29, 0.717) is 10.6 Å². The number of rotatable bonds is 3. The number of carbonyl (C=O) groups is 1. The fourth-order valence-corrected chi connectivity index (χ4v) is 2.20. The SMILES string of the molecule is CCc1cc(-c2nc(C(=O)NC)no2)c(N)s1. The Bertz CT molecular complexity index is 546. The lowest BCUT2D eigenvalue weighted by atomic mass is 10.2. The topological polar surface area (TPSA) is 94.0 Å². The summed E-state index contributed by atoms with van der Waals surface area (Å²) >= 11 is 1.48. The van der Waals surface area contributed by atoms with Crippen LogP contribution in [0.1, 0.15) is 22.4 Å². The number of aryl methyl sites for hydroxylation is 1. The molecule has 2 aromatic heterocycles. The number of aromatic nitrogens is 2. The molecule has 0 spiro atoms. The molecule has 2 aromatic rings. The van der Waals surface area contributed by atoms with E-state index in [4.69, 9.17) is 10.3 Å². The second-order valence-corrected chi connectivity index (χ2v) is 4.51. The van der Waals surface area contributed by atoms with Crippen molar-refractivity contribution >= 4 is 22.2 Å². The second-order valence-electron chi connectivity index (χ2n) is 3.35. The minimum Gasteiger partial charge on any atom is -0.390 e. The molecule has 0 atom stereocenters. The van der Waals surface area contributed by atoms with E-state index in [2.05, 4.69) is 15.5 Å². The number of thiophene rings is 1. The fourth-order valence-electron chi connectivity index (χ4n) is 1.34. The zero-order valence-electron chi connectivity index (χ0n) is 9.48. The average Bonchev–Trinajstić information content (AvgIpc) is 2.94. The molecule has 1 amide bonds. The van der Waals surface area contributed by atoms with Gasteiger partial charge >= 0.3 is 0 Å². The number of nitrogen functional groups attached to an aromatic ring is 1. The Morgan fingerprint density at radius 3 is 3.00 bits per heavy atom. The summed E-state index contributed by atoms with van der Waals surface area (Å²) in [5, 5.41) is 6.63. The number of anilines is 1. The quantitative estimate of drug-likeness (QED) is 0.858.